The Morgan fingerprint density at radius 1 is 1.03 bits per heavy atom. The molecule has 4 rings (SSSR count). The molecule has 160 valence electrons. The van der Waals surface area contributed by atoms with Gasteiger partial charge in [0, 0.05) is 0 Å². The summed E-state index contributed by atoms with van der Waals surface area (Å²) in [6.07, 6.45) is 1.05. The summed E-state index contributed by atoms with van der Waals surface area (Å²) in [4.78, 5) is 11.1. The highest BCUT2D eigenvalue weighted by Crippen LogP contribution is 2.44. The molecule has 0 spiro atoms. The van der Waals surface area contributed by atoms with Crippen LogP contribution in [0.2, 0.25) is 0 Å². The van der Waals surface area contributed by atoms with Crippen LogP contribution < -0.4 is 4.74 Å². The highest BCUT2D eigenvalue weighted by atomic mass is 16.5. The minimum Gasteiger partial charge on any atom is -0.508 e. The lowest BCUT2D eigenvalue weighted by Crippen LogP contribution is -2.03. The number of aromatic hydroxyl groups is 1. The summed E-state index contributed by atoms with van der Waals surface area (Å²) in [7, 11) is 0. The number of benzene rings is 3. The van der Waals surface area contributed by atoms with Crippen LogP contribution in [0.3, 0.4) is 0 Å². The number of carboxylic acid groups (broad SMARTS) is 1. The van der Waals surface area contributed by atoms with Gasteiger partial charge in [0.2, 0.25) is 0 Å². The Labute approximate surface area is 183 Å². The van der Waals surface area contributed by atoms with Crippen molar-refractivity contribution in [3.63, 3.8) is 0 Å². The highest BCUT2D eigenvalue weighted by Gasteiger charge is 2.30. The number of carboxylic acids is 1. The van der Waals surface area contributed by atoms with Gasteiger partial charge in [-0.1, -0.05) is 31.2 Å². The van der Waals surface area contributed by atoms with Gasteiger partial charge in [-0.2, -0.15) is 0 Å². The smallest absolute Gasteiger partial charge is 0.303 e. The van der Waals surface area contributed by atoms with Crippen LogP contribution in [0.5, 0.6) is 11.5 Å². The zero-order chi connectivity index (χ0) is 22.1. The molecule has 2 unspecified atom stereocenters. The van der Waals surface area contributed by atoms with Gasteiger partial charge in [-0.05, 0) is 101 Å². The normalized spacial score (nSPS) is 17.4. The third kappa shape index (κ3) is 4.43. The van der Waals surface area contributed by atoms with Crippen molar-refractivity contribution in [2.45, 2.75) is 52.1 Å². The third-order valence-electron chi connectivity index (χ3n) is 6.23. The maximum atomic E-state index is 11.1. The molecular weight excluding hydrogens is 388 g/mol. The lowest BCUT2D eigenvalue weighted by molar-refractivity contribution is -0.137. The summed E-state index contributed by atoms with van der Waals surface area (Å²) < 4.78 is 6.10. The molecule has 0 bridgehead atoms. The van der Waals surface area contributed by atoms with E-state index in [0.29, 0.717) is 12.5 Å². The van der Waals surface area contributed by atoms with Crippen molar-refractivity contribution in [2.24, 2.45) is 0 Å². The monoisotopic (exact) mass is 416 g/mol. The number of ether oxygens (including phenoxy) is 1. The second kappa shape index (κ2) is 8.46. The minimum atomic E-state index is -0.746. The molecule has 3 aromatic carbocycles. The summed E-state index contributed by atoms with van der Waals surface area (Å²) in [6, 6.07) is 17.9. The maximum Gasteiger partial charge on any atom is 0.303 e. The first-order valence-electron chi connectivity index (χ1n) is 10.7. The Bertz CT molecular complexity index is 1110. The standard InChI is InChI=1S/C27H28O4/c1-16-9-21(13-26(29)30)24-8-7-23(14-25(16)24)31-15-19-5-4-6-20(12-19)27-17(2)10-22(28)11-18(27)3/h4-8,10-12,14,16,21,28H,9,13,15H2,1-3H3,(H,29,30). The van der Waals surface area contributed by atoms with Gasteiger partial charge in [-0.3, -0.25) is 4.79 Å². The average Bonchev–Trinajstić information content (AvgIpc) is 3.00. The van der Waals surface area contributed by atoms with Crippen molar-refractivity contribution in [3.8, 4) is 22.6 Å². The first-order valence-corrected chi connectivity index (χ1v) is 10.7. The Balaban J connectivity index is 1.52. The van der Waals surface area contributed by atoms with E-state index in [-0.39, 0.29) is 18.1 Å². The van der Waals surface area contributed by atoms with Crippen molar-refractivity contribution < 1.29 is 19.7 Å². The van der Waals surface area contributed by atoms with Gasteiger partial charge < -0.3 is 14.9 Å². The lowest BCUT2D eigenvalue weighted by atomic mass is 9.94. The third-order valence-corrected chi connectivity index (χ3v) is 6.23. The van der Waals surface area contributed by atoms with Crippen LogP contribution >= 0.6 is 0 Å². The fourth-order valence-corrected chi connectivity index (χ4v) is 4.91. The number of fused-ring (bicyclic) bond motifs is 1. The van der Waals surface area contributed by atoms with E-state index in [1.807, 2.05) is 38.1 Å². The van der Waals surface area contributed by atoms with Gasteiger partial charge in [0.15, 0.2) is 0 Å². The summed E-state index contributed by atoms with van der Waals surface area (Å²) in [6.45, 7) is 6.62. The highest BCUT2D eigenvalue weighted by molar-refractivity contribution is 5.72. The van der Waals surface area contributed by atoms with Crippen LogP contribution in [0.15, 0.2) is 54.6 Å². The Morgan fingerprint density at radius 3 is 2.48 bits per heavy atom. The topological polar surface area (TPSA) is 66.8 Å². The van der Waals surface area contributed by atoms with Crippen LogP contribution in [0.4, 0.5) is 0 Å². The summed E-state index contributed by atoms with van der Waals surface area (Å²) >= 11 is 0. The fraction of sp³-hybridized carbons (Fsp3) is 0.296. The molecule has 0 aromatic heterocycles. The number of phenolic OH excluding ortho intramolecular Hbond substituents is 1. The van der Waals surface area contributed by atoms with E-state index in [2.05, 4.69) is 25.1 Å². The molecule has 1 aliphatic rings. The van der Waals surface area contributed by atoms with Crippen molar-refractivity contribution in [1.82, 2.24) is 0 Å². The molecule has 0 radical (unpaired) electrons. The van der Waals surface area contributed by atoms with E-state index in [0.717, 1.165) is 45.6 Å². The molecule has 2 atom stereocenters. The Morgan fingerprint density at radius 2 is 1.77 bits per heavy atom. The van der Waals surface area contributed by atoms with Crippen LogP contribution in [0, 0.1) is 13.8 Å². The predicted octanol–water partition coefficient (Wildman–Crippen LogP) is 6.32. The van der Waals surface area contributed by atoms with Crippen molar-refractivity contribution in [3.05, 3.63) is 82.4 Å². The Hall–Kier alpha value is -3.27. The minimum absolute atomic E-state index is 0.0880. The molecule has 4 nitrogen and oxygen atoms in total. The first-order chi connectivity index (χ1) is 14.8. The second-order valence-corrected chi connectivity index (χ2v) is 8.67. The lowest BCUT2D eigenvalue weighted by Gasteiger charge is -2.14. The SMILES string of the molecule is Cc1cc(O)cc(C)c1-c1cccc(COc2ccc3c(c2)C(C)CC3CC(=O)O)c1. The quantitative estimate of drug-likeness (QED) is 0.493. The molecule has 0 saturated carbocycles. The number of aryl methyl sites for hydroxylation is 2. The molecular formula is C27H28O4. The molecule has 0 amide bonds. The van der Waals surface area contributed by atoms with E-state index in [9.17, 15) is 9.90 Å². The average molecular weight is 417 g/mol. The number of hydrogen-bond donors (Lipinski definition) is 2. The summed E-state index contributed by atoms with van der Waals surface area (Å²) in [5.41, 5.74) is 7.74. The zero-order valence-electron chi connectivity index (χ0n) is 18.2. The van der Waals surface area contributed by atoms with Crippen LogP contribution in [-0.2, 0) is 11.4 Å². The predicted molar refractivity (Wildman–Crippen MR) is 122 cm³/mol. The Kier molecular flexibility index (Phi) is 5.73. The number of hydrogen-bond acceptors (Lipinski definition) is 3. The van der Waals surface area contributed by atoms with Crippen molar-refractivity contribution in [1.29, 1.82) is 0 Å². The second-order valence-electron chi connectivity index (χ2n) is 8.67. The molecule has 1 aliphatic carbocycles. The molecule has 0 fully saturated rings. The van der Waals surface area contributed by atoms with Crippen LogP contribution in [0.25, 0.3) is 11.1 Å². The van der Waals surface area contributed by atoms with Gasteiger partial charge in [0.05, 0.1) is 6.42 Å². The van der Waals surface area contributed by atoms with Crippen molar-refractivity contribution in [2.75, 3.05) is 0 Å². The van der Waals surface area contributed by atoms with E-state index in [4.69, 9.17) is 9.84 Å². The van der Waals surface area contributed by atoms with E-state index in [1.165, 1.54) is 5.56 Å². The van der Waals surface area contributed by atoms with Crippen LogP contribution in [-0.4, -0.2) is 16.2 Å². The van der Waals surface area contributed by atoms with Gasteiger partial charge in [-0.15, -0.1) is 0 Å². The van der Waals surface area contributed by atoms with Gasteiger partial charge in [-0.25, -0.2) is 0 Å². The molecule has 4 heteroatoms. The van der Waals surface area contributed by atoms with Gasteiger partial charge >= 0.3 is 5.97 Å². The van der Waals surface area contributed by atoms with E-state index in [1.54, 1.807) is 12.1 Å². The van der Waals surface area contributed by atoms with Gasteiger partial charge in [0.1, 0.15) is 18.1 Å². The first kappa shape index (κ1) is 21.0. The number of phenols is 1. The molecule has 31 heavy (non-hydrogen) atoms. The molecule has 0 aliphatic heterocycles. The summed E-state index contributed by atoms with van der Waals surface area (Å²) in [5.74, 6) is 0.777. The molecule has 0 saturated heterocycles. The number of carbonyl (C=O) groups is 1. The van der Waals surface area contributed by atoms with E-state index < -0.39 is 5.97 Å². The van der Waals surface area contributed by atoms with Crippen molar-refractivity contribution >= 4 is 5.97 Å². The fourth-order valence-electron chi connectivity index (χ4n) is 4.91. The zero-order valence-corrected chi connectivity index (χ0v) is 18.2. The molecule has 3 aromatic rings. The van der Waals surface area contributed by atoms with E-state index >= 15 is 0 Å². The number of aliphatic carboxylic acids is 1. The number of rotatable bonds is 6. The molecule has 0 heterocycles. The molecule has 2 N–H and O–H groups in total. The summed E-state index contributed by atoms with van der Waals surface area (Å²) in [5, 5.41) is 19.0. The largest absolute Gasteiger partial charge is 0.508 e. The van der Waals surface area contributed by atoms with Gasteiger partial charge in [0.25, 0.3) is 0 Å². The van der Waals surface area contributed by atoms with Crippen LogP contribution in [0.1, 0.15) is 59.4 Å². The maximum absolute atomic E-state index is 11.1.